The quantitative estimate of drug-likeness (QED) is 0.352. The fraction of sp³-hybridized carbons (Fsp3) is 1.00. The van der Waals surface area contributed by atoms with Crippen molar-refractivity contribution in [3.63, 3.8) is 0 Å². The van der Waals surface area contributed by atoms with Crippen LogP contribution in [-0.2, 0) is 9.30 Å². The van der Waals surface area contributed by atoms with E-state index in [2.05, 4.69) is 0 Å². The highest BCUT2D eigenvalue weighted by molar-refractivity contribution is 7.63. The third-order valence-corrected chi connectivity index (χ3v) is 5.06. The fourth-order valence-electron chi connectivity index (χ4n) is 1.80. The highest BCUT2D eigenvalue weighted by Crippen LogP contribution is 2.47. The lowest BCUT2D eigenvalue weighted by molar-refractivity contribution is -0.735. The summed E-state index contributed by atoms with van der Waals surface area (Å²) in [5.41, 5.74) is 0. The molecule has 0 aliphatic carbocycles. The van der Waals surface area contributed by atoms with Gasteiger partial charge in [0, 0.05) is 6.61 Å². The van der Waals surface area contributed by atoms with E-state index >= 15 is 0 Å². The molecule has 0 radical (unpaired) electrons. The monoisotopic (exact) mass is 342 g/mol. The van der Waals surface area contributed by atoms with E-state index in [0.717, 1.165) is 0 Å². The van der Waals surface area contributed by atoms with Crippen LogP contribution in [0.4, 0.5) is 0 Å². The molecule has 1 fully saturated rings. The standard InChI is InChI=1S/C7H15N6O8P/c1-2-21-7-22(20)5-9(12(16)17)3-8(11(14)15)4-10(6-22)13(18)19/h2-7H2,1H3. The van der Waals surface area contributed by atoms with Crippen molar-refractivity contribution < 1.29 is 24.4 Å². The van der Waals surface area contributed by atoms with Gasteiger partial charge in [0.05, 0.1) is 0 Å². The minimum absolute atomic E-state index is 0.182. The molecule has 22 heavy (non-hydrogen) atoms. The summed E-state index contributed by atoms with van der Waals surface area (Å²) in [5.74, 6) is 0. The Morgan fingerprint density at radius 1 is 0.955 bits per heavy atom. The minimum Gasteiger partial charge on any atom is -0.374 e. The van der Waals surface area contributed by atoms with Gasteiger partial charge < -0.3 is 9.30 Å². The van der Waals surface area contributed by atoms with Gasteiger partial charge in [-0.3, -0.25) is 0 Å². The van der Waals surface area contributed by atoms with Gasteiger partial charge in [0.25, 0.3) is 0 Å². The van der Waals surface area contributed by atoms with E-state index in [1.54, 1.807) is 6.92 Å². The zero-order chi connectivity index (χ0) is 16.9. The maximum absolute atomic E-state index is 12.7. The molecular formula is C7H15N6O8P. The maximum atomic E-state index is 12.7. The SMILES string of the molecule is CCOCP1(=O)CN([N+](=O)[O-])CN([N+](=O)[O-])CN([N+](=O)[O-])C1. The van der Waals surface area contributed by atoms with Crippen LogP contribution in [0.1, 0.15) is 6.92 Å². The van der Waals surface area contributed by atoms with Crippen molar-refractivity contribution in [3.05, 3.63) is 30.3 Å². The molecule has 0 spiro atoms. The Morgan fingerprint density at radius 2 is 1.36 bits per heavy atom. The van der Waals surface area contributed by atoms with Crippen LogP contribution >= 0.6 is 7.14 Å². The Balaban J connectivity index is 3.08. The second-order valence-corrected chi connectivity index (χ2v) is 7.42. The third-order valence-electron chi connectivity index (χ3n) is 2.72. The summed E-state index contributed by atoms with van der Waals surface area (Å²) in [6, 6.07) is 0. The minimum atomic E-state index is -3.48. The first-order valence-corrected chi connectivity index (χ1v) is 8.27. The van der Waals surface area contributed by atoms with E-state index in [1.165, 1.54) is 0 Å². The second kappa shape index (κ2) is 7.17. The van der Waals surface area contributed by atoms with Gasteiger partial charge in [-0.25, -0.2) is 30.3 Å². The van der Waals surface area contributed by atoms with E-state index in [9.17, 15) is 34.9 Å². The summed E-state index contributed by atoms with van der Waals surface area (Å²) in [6.45, 7) is 0.129. The lowest BCUT2D eigenvalue weighted by Gasteiger charge is -2.29. The van der Waals surface area contributed by atoms with Crippen LogP contribution in [0.15, 0.2) is 0 Å². The molecule has 1 heterocycles. The van der Waals surface area contributed by atoms with Crippen LogP contribution in [-0.4, -0.2) is 69.0 Å². The summed E-state index contributed by atoms with van der Waals surface area (Å²) in [7, 11) is -3.48. The van der Waals surface area contributed by atoms with Crippen molar-refractivity contribution >= 4 is 7.14 Å². The predicted molar refractivity (Wildman–Crippen MR) is 70.1 cm³/mol. The molecule has 14 nitrogen and oxygen atoms in total. The average Bonchev–Trinajstić information content (AvgIpc) is 2.39. The molecule has 0 N–H and O–H groups in total. The Bertz CT molecular complexity index is 471. The zero-order valence-electron chi connectivity index (χ0n) is 11.6. The van der Waals surface area contributed by atoms with E-state index in [1.807, 2.05) is 0 Å². The van der Waals surface area contributed by atoms with Gasteiger partial charge in [-0.05, 0) is 6.92 Å². The molecule has 0 atom stereocenters. The van der Waals surface area contributed by atoms with Gasteiger partial charge in [-0.1, -0.05) is 15.0 Å². The van der Waals surface area contributed by atoms with Gasteiger partial charge in [-0.15, -0.1) is 0 Å². The molecule has 1 aliphatic heterocycles. The Labute approximate surface area is 123 Å². The van der Waals surface area contributed by atoms with Gasteiger partial charge in [0.15, 0.2) is 22.2 Å². The summed E-state index contributed by atoms with van der Waals surface area (Å²) in [5, 5.41) is 31.0. The molecule has 0 aromatic heterocycles. The predicted octanol–water partition coefficient (Wildman–Crippen LogP) is -0.332. The molecular weight excluding hydrogens is 327 g/mol. The molecule has 1 aliphatic rings. The first kappa shape index (κ1) is 17.8. The lowest BCUT2D eigenvalue weighted by atomic mass is 10.8. The molecule has 0 amide bonds. The van der Waals surface area contributed by atoms with E-state index in [0.29, 0.717) is 15.0 Å². The molecule has 0 aromatic carbocycles. The zero-order valence-corrected chi connectivity index (χ0v) is 12.5. The van der Waals surface area contributed by atoms with Crippen molar-refractivity contribution in [3.8, 4) is 0 Å². The molecule has 0 saturated carbocycles. The normalized spacial score (nSPS) is 18.5. The van der Waals surface area contributed by atoms with E-state index < -0.39 is 48.1 Å². The largest absolute Gasteiger partial charge is 0.374 e. The molecule has 0 unspecified atom stereocenters. The van der Waals surface area contributed by atoms with Crippen molar-refractivity contribution in [2.24, 2.45) is 0 Å². The number of hydrogen-bond acceptors (Lipinski definition) is 8. The summed E-state index contributed by atoms with van der Waals surface area (Å²) < 4.78 is 17.7. The third kappa shape index (κ3) is 4.66. The van der Waals surface area contributed by atoms with Crippen molar-refractivity contribution in [2.45, 2.75) is 6.92 Å². The molecule has 1 rings (SSSR count). The average molecular weight is 342 g/mol. The molecule has 15 heteroatoms. The van der Waals surface area contributed by atoms with Gasteiger partial charge >= 0.3 is 0 Å². The van der Waals surface area contributed by atoms with Crippen LogP contribution in [0.3, 0.4) is 0 Å². The Morgan fingerprint density at radius 3 is 1.68 bits per heavy atom. The number of hydrazine groups is 3. The summed E-state index contributed by atoms with van der Waals surface area (Å²) in [6.07, 6.45) is -1.69. The Kier molecular flexibility index (Phi) is 5.82. The van der Waals surface area contributed by atoms with Crippen LogP contribution in [0.25, 0.3) is 0 Å². The molecule has 0 aromatic rings. The van der Waals surface area contributed by atoms with Gasteiger partial charge in [0.2, 0.25) is 13.3 Å². The maximum Gasteiger partial charge on any atom is 0.210 e. The smallest absolute Gasteiger partial charge is 0.210 e. The number of rotatable bonds is 6. The number of ether oxygens (including phenoxy) is 1. The van der Waals surface area contributed by atoms with Gasteiger partial charge in [0.1, 0.15) is 18.9 Å². The number of hydrogen-bond donors (Lipinski definition) is 0. The van der Waals surface area contributed by atoms with Gasteiger partial charge in [-0.2, -0.15) is 0 Å². The molecule has 1 saturated heterocycles. The van der Waals surface area contributed by atoms with Crippen molar-refractivity contribution in [2.75, 3.05) is 38.9 Å². The van der Waals surface area contributed by atoms with Crippen LogP contribution in [0.2, 0.25) is 0 Å². The van der Waals surface area contributed by atoms with Crippen LogP contribution in [0.5, 0.6) is 0 Å². The van der Waals surface area contributed by atoms with Crippen LogP contribution < -0.4 is 0 Å². The topological polar surface area (TPSA) is 165 Å². The van der Waals surface area contributed by atoms with Crippen molar-refractivity contribution in [1.29, 1.82) is 0 Å². The highest BCUT2D eigenvalue weighted by atomic mass is 31.2. The first-order chi connectivity index (χ1) is 10.2. The fourth-order valence-corrected chi connectivity index (χ4v) is 4.14. The summed E-state index contributed by atoms with van der Waals surface area (Å²) in [4.78, 5) is 32.7. The van der Waals surface area contributed by atoms with Crippen LogP contribution in [0, 0.1) is 30.3 Å². The highest BCUT2D eigenvalue weighted by Gasteiger charge is 2.42. The number of nitrogens with zero attached hydrogens (tertiary/aromatic N) is 6. The summed E-state index contributed by atoms with van der Waals surface area (Å²) >= 11 is 0. The molecule has 126 valence electrons. The van der Waals surface area contributed by atoms with E-state index in [4.69, 9.17) is 4.74 Å². The lowest BCUT2D eigenvalue weighted by Crippen LogP contribution is -2.53. The van der Waals surface area contributed by atoms with Crippen molar-refractivity contribution in [1.82, 2.24) is 15.0 Å². The first-order valence-electron chi connectivity index (χ1n) is 6.01. The van der Waals surface area contributed by atoms with E-state index in [-0.39, 0.29) is 13.0 Å². The Hall–Kier alpha value is -2.21. The second-order valence-electron chi connectivity index (χ2n) is 4.48. The number of nitro groups is 3. The molecule has 0 bridgehead atoms.